The summed E-state index contributed by atoms with van der Waals surface area (Å²) in [6, 6.07) is 3.98. The van der Waals surface area contributed by atoms with Crippen LogP contribution in [0.15, 0.2) is 18.2 Å². The van der Waals surface area contributed by atoms with Crippen LogP contribution in [0.3, 0.4) is 0 Å². The summed E-state index contributed by atoms with van der Waals surface area (Å²) in [5, 5.41) is 0. The van der Waals surface area contributed by atoms with Gasteiger partial charge in [-0.3, -0.25) is 0 Å². The first kappa shape index (κ1) is 14.9. The average Bonchev–Trinajstić information content (AvgIpc) is 2.48. The van der Waals surface area contributed by atoms with Crippen molar-refractivity contribution in [3.05, 3.63) is 29.8 Å². The highest BCUT2D eigenvalue weighted by atomic mass is 19.2. The molecule has 0 radical (unpaired) electrons. The fourth-order valence-electron chi connectivity index (χ4n) is 2.79. The van der Waals surface area contributed by atoms with Crippen LogP contribution in [-0.4, -0.2) is 12.9 Å². The summed E-state index contributed by atoms with van der Waals surface area (Å²) in [5.74, 6) is -0.771. The number of aldehydes is 1. The van der Waals surface area contributed by atoms with Gasteiger partial charge in [-0.2, -0.15) is 4.39 Å². The van der Waals surface area contributed by atoms with Crippen molar-refractivity contribution in [2.45, 2.75) is 38.5 Å². The van der Waals surface area contributed by atoms with Crippen LogP contribution in [0.2, 0.25) is 0 Å². The third-order valence-electron chi connectivity index (χ3n) is 4.05. The molecule has 110 valence electrons. The first-order valence-corrected chi connectivity index (χ1v) is 7.21. The molecule has 0 atom stereocenters. The summed E-state index contributed by atoms with van der Waals surface area (Å²) >= 11 is 0. The van der Waals surface area contributed by atoms with Gasteiger partial charge in [-0.15, -0.1) is 0 Å². The lowest BCUT2D eigenvalue weighted by Gasteiger charge is -2.28. The lowest BCUT2D eigenvalue weighted by molar-refractivity contribution is -0.108. The number of rotatable bonds is 6. The molecule has 0 spiro atoms. The maximum Gasteiger partial charge on any atom is 0.200 e. The van der Waals surface area contributed by atoms with Crippen LogP contribution >= 0.6 is 0 Å². The SMILES string of the molecule is O=CCCC1CCC(COc2cccc(F)c2F)CC1. The number of hydrogen-bond donors (Lipinski definition) is 0. The minimum atomic E-state index is -0.910. The van der Waals surface area contributed by atoms with Gasteiger partial charge in [0.2, 0.25) is 5.82 Å². The van der Waals surface area contributed by atoms with E-state index in [0.29, 0.717) is 24.9 Å². The Labute approximate surface area is 118 Å². The normalized spacial score (nSPS) is 22.5. The highest BCUT2D eigenvalue weighted by Crippen LogP contribution is 2.32. The van der Waals surface area contributed by atoms with Crippen LogP contribution in [0.5, 0.6) is 5.75 Å². The Morgan fingerprint density at radius 3 is 2.55 bits per heavy atom. The van der Waals surface area contributed by atoms with Crippen LogP contribution < -0.4 is 4.74 Å². The smallest absolute Gasteiger partial charge is 0.200 e. The molecule has 20 heavy (non-hydrogen) atoms. The number of carbonyl (C=O) groups is 1. The molecule has 1 saturated carbocycles. The average molecular weight is 282 g/mol. The second-order valence-corrected chi connectivity index (χ2v) is 5.49. The van der Waals surface area contributed by atoms with E-state index in [9.17, 15) is 13.6 Å². The van der Waals surface area contributed by atoms with Gasteiger partial charge in [-0.05, 0) is 43.2 Å². The predicted molar refractivity (Wildman–Crippen MR) is 72.6 cm³/mol. The number of ether oxygens (including phenoxy) is 1. The molecule has 0 N–H and O–H groups in total. The second kappa shape index (κ2) is 7.36. The Kier molecular flexibility index (Phi) is 5.50. The summed E-state index contributed by atoms with van der Waals surface area (Å²) in [5.41, 5.74) is 0. The van der Waals surface area contributed by atoms with Crippen molar-refractivity contribution >= 4 is 6.29 Å². The van der Waals surface area contributed by atoms with Gasteiger partial charge >= 0.3 is 0 Å². The lowest BCUT2D eigenvalue weighted by atomic mass is 9.80. The Bertz CT molecular complexity index is 440. The molecule has 2 nitrogen and oxygen atoms in total. The van der Waals surface area contributed by atoms with E-state index in [0.717, 1.165) is 44.5 Å². The molecule has 0 saturated heterocycles. The van der Waals surface area contributed by atoms with Gasteiger partial charge in [0.25, 0.3) is 0 Å². The molecule has 1 fully saturated rings. The molecule has 2 rings (SSSR count). The minimum Gasteiger partial charge on any atom is -0.490 e. The third kappa shape index (κ3) is 4.02. The fourth-order valence-corrected chi connectivity index (χ4v) is 2.79. The second-order valence-electron chi connectivity index (χ2n) is 5.49. The Morgan fingerprint density at radius 1 is 1.15 bits per heavy atom. The Morgan fingerprint density at radius 2 is 1.85 bits per heavy atom. The number of hydrogen-bond acceptors (Lipinski definition) is 2. The van der Waals surface area contributed by atoms with Gasteiger partial charge in [0.1, 0.15) is 6.29 Å². The molecular weight excluding hydrogens is 262 g/mol. The molecule has 0 aromatic heterocycles. The van der Waals surface area contributed by atoms with Crippen molar-refractivity contribution < 1.29 is 18.3 Å². The lowest BCUT2D eigenvalue weighted by Crippen LogP contribution is -2.20. The topological polar surface area (TPSA) is 26.3 Å². The summed E-state index contributed by atoms with van der Waals surface area (Å²) in [6.07, 6.45) is 6.82. The van der Waals surface area contributed by atoms with Crippen molar-refractivity contribution in [1.29, 1.82) is 0 Å². The largest absolute Gasteiger partial charge is 0.490 e. The van der Waals surface area contributed by atoms with Crippen LogP contribution in [-0.2, 0) is 4.79 Å². The molecular formula is C16H20F2O2. The van der Waals surface area contributed by atoms with Gasteiger partial charge in [0.15, 0.2) is 11.6 Å². The fraction of sp³-hybridized carbons (Fsp3) is 0.562. The predicted octanol–water partition coefficient (Wildman–Crippen LogP) is 4.13. The maximum atomic E-state index is 13.4. The van der Waals surface area contributed by atoms with E-state index in [1.165, 1.54) is 12.1 Å². The van der Waals surface area contributed by atoms with Crippen molar-refractivity contribution in [3.63, 3.8) is 0 Å². The van der Waals surface area contributed by atoms with E-state index in [1.54, 1.807) is 0 Å². The zero-order valence-electron chi connectivity index (χ0n) is 11.5. The zero-order chi connectivity index (χ0) is 14.4. The molecule has 0 bridgehead atoms. The van der Waals surface area contributed by atoms with E-state index in [-0.39, 0.29) is 5.75 Å². The quantitative estimate of drug-likeness (QED) is 0.733. The highest BCUT2D eigenvalue weighted by molar-refractivity contribution is 5.49. The first-order chi connectivity index (χ1) is 9.70. The van der Waals surface area contributed by atoms with Gasteiger partial charge in [-0.1, -0.05) is 18.9 Å². The van der Waals surface area contributed by atoms with Gasteiger partial charge in [0, 0.05) is 6.42 Å². The summed E-state index contributed by atoms with van der Waals surface area (Å²) in [6.45, 7) is 0.431. The van der Waals surface area contributed by atoms with Crippen LogP contribution in [0, 0.1) is 23.5 Å². The maximum absolute atomic E-state index is 13.4. The van der Waals surface area contributed by atoms with Gasteiger partial charge < -0.3 is 9.53 Å². The van der Waals surface area contributed by atoms with E-state index < -0.39 is 11.6 Å². The minimum absolute atomic E-state index is 0.00641. The number of halogens is 2. The van der Waals surface area contributed by atoms with Crippen molar-refractivity contribution in [1.82, 2.24) is 0 Å². The monoisotopic (exact) mass is 282 g/mol. The third-order valence-corrected chi connectivity index (χ3v) is 4.05. The standard InChI is InChI=1S/C16H20F2O2/c17-14-4-1-5-15(16(14)18)20-11-13-8-6-12(7-9-13)3-2-10-19/h1,4-5,10,12-13H,2-3,6-9,11H2. The van der Waals surface area contributed by atoms with Crippen molar-refractivity contribution in [3.8, 4) is 5.75 Å². The van der Waals surface area contributed by atoms with Crippen LogP contribution in [0.1, 0.15) is 38.5 Å². The summed E-state index contributed by atoms with van der Waals surface area (Å²) in [4.78, 5) is 10.3. The molecule has 0 heterocycles. The number of carbonyl (C=O) groups excluding carboxylic acids is 1. The summed E-state index contributed by atoms with van der Waals surface area (Å²) in [7, 11) is 0. The van der Waals surface area contributed by atoms with Crippen molar-refractivity contribution in [2.75, 3.05) is 6.61 Å². The molecule has 1 aliphatic rings. The van der Waals surface area contributed by atoms with Crippen LogP contribution in [0.25, 0.3) is 0 Å². The molecule has 1 aromatic rings. The van der Waals surface area contributed by atoms with Crippen LogP contribution in [0.4, 0.5) is 8.78 Å². The molecule has 0 aliphatic heterocycles. The highest BCUT2D eigenvalue weighted by Gasteiger charge is 2.21. The van der Waals surface area contributed by atoms with Gasteiger partial charge in [-0.25, -0.2) is 4.39 Å². The zero-order valence-corrected chi connectivity index (χ0v) is 11.5. The Balaban J connectivity index is 1.76. The first-order valence-electron chi connectivity index (χ1n) is 7.21. The molecule has 1 aromatic carbocycles. The molecule has 4 heteroatoms. The molecule has 0 unspecified atom stereocenters. The van der Waals surface area contributed by atoms with Crippen molar-refractivity contribution in [2.24, 2.45) is 11.8 Å². The summed E-state index contributed by atoms with van der Waals surface area (Å²) < 4.78 is 31.9. The van der Waals surface area contributed by atoms with Gasteiger partial charge in [0.05, 0.1) is 6.61 Å². The van der Waals surface area contributed by atoms with E-state index in [1.807, 2.05) is 0 Å². The van der Waals surface area contributed by atoms with E-state index >= 15 is 0 Å². The number of benzene rings is 1. The molecule has 1 aliphatic carbocycles. The molecule has 0 amide bonds. The Hall–Kier alpha value is -1.45. The van der Waals surface area contributed by atoms with E-state index in [2.05, 4.69) is 0 Å². The van der Waals surface area contributed by atoms with E-state index in [4.69, 9.17) is 4.74 Å².